The maximum absolute atomic E-state index is 12.8. The van der Waals surface area contributed by atoms with Crippen LogP contribution >= 0.6 is 0 Å². The molecule has 0 fully saturated rings. The SMILES string of the molecule is Cc1ccc(C(=O)OCC(=O)Nc2c(C)n(C)n(-c3ccccc3)c2=O)c(C)c1. The zero-order valence-corrected chi connectivity index (χ0v) is 16.9. The van der Waals surface area contributed by atoms with Crippen LogP contribution in [0, 0.1) is 20.8 Å². The van der Waals surface area contributed by atoms with Crippen LogP contribution in [0.5, 0.6) is 0 Å². The zero-order chi connectivity index (χ0) is 21.1. The number of para-hydroxylation sites is 1. The van der Waals surface area contributed by atoms with Gasteiger partial charge < -0.3 is 10.1 Å². The number of ether oxygens (including phenoxy) is 1. The van der Waals surface area contributed by atoms with E-state index in [1.54, 1.807) is 36.9 Å². The number of benzene rings is 2. The van der Waals surface area contributed by atoms with Crippen LogP contribution in [0.15, 0.2) is 53.3 Å². The molecule has 1 heterocycles. The van der Waals surface area contributed by atoms with E-state index in [2.05, 4.69) is 5.32 Å². The third-order valence-corrected chi connectivity index (χ3v) is 4.75. The van der Waals surface area contributed by atoms with E-state index in [-0.39, 0.29) is 11.2 Å². The summed E-state index contributed by atoms with van der Waals surface area (Å²) in [7, 11) is 1.74. The number of aromatic nitrogens is 2. The van der Waals surface area contributed by atoms with Gasteiger partial charge in [-0.15, -0.1) is 0 Å². The van der Waals surface area contributed by atoms with Gasteiger partial charge in [0.25, 0.3) is 11.5 Å². The second kappa shape index (κ2) is 8.18. The lowest BCUT2D eigenvalue weighted by atomic mass is 10.1. The van der Waals surface area contributed by atoms with Crippen LogP contribution in [-0.4, -0.2) is 27.8 Å². The van der Waals surface area contributed by atoms with Gasteiger partial charge in [0.05, 0.1) is 16.9 Å². The van der Waals surface area contributed by atoms with Gasteiger partial charge in [0, 0.05) is 7.05 Å². The summed E-state index contributed by atoms with van der Waals surface area (Å²) in [6.07, 6.45) is 0. The first-order valence-electron chi connectivity index (χ1n) is 9.18. The lowest BCUT2D eigenvalue weighted by Crippen LogP contribution is -2.26. The number of rotatable bonds is 5. The van der Waals surface area contributed by atoms with Crippen LogP contribution in [0.25, 0.3) is 5.69 Å². The number of hydrogen-bond donors (Lipinski definition) is 1. The van der Waals surface area contributed by atoms with E-state index in [1.165, 1.54) is 4.68 Å². The van der Waals surface area contributed by atoms with E-state index in [1.807, 2.05) is 44.2 Å². The number of carbonyl (C=O) groups excluding carboxylic acids is 2. The van der Waals surface area contributed by atoms with E-state index in [0.717, 1.165) is 11.1 Å². The van der Waals surface area contributed by atoms with Crippen LogP contribution in [0.2, 0.25) is 0 Å². The Hall–Kier alpha value is -3.61. The quantitative estimate of drug-likeness (QED) is 0.676. The van der Waals surface area contributed by atoms with Crippen LogP contribution in [0.1, 0.15) is 27.2 Å². The molecule has 3 aromatic rings. The molecular formula is C22H23N3O4. The molecule has 29 heavy (non-hydrogen) atoms. The van der Waals surface area contributed by atoms with E-state index < -0.39 is 18.5 Å². The van der Waals surface area contributed by atoms with E-state index >= 15 is 0 Å². The second-order valence-corrected chi connectivity index (χ2v) is 6.88. The molecule has 3 rings (SSSR count). The van der Waals surface area contributed by atoms with Gasteiger partial charge in [-0.2, -0.15) is 0 Å². The first-order chi connectivity index (χ1) is 13.8. The molecule has 2 aromatic carbocycles. The highest BCUT2D eigenvalue weighted by molar-refractivity contribution is 5.96. The largest absolute Gasteiger partial charge is 0.452 e. The number of nitrogens with zero attached hydrogens (tertiary/aromatic N) is 2. The molecule has 1 aromatic heterocycles. The number of carbonyl (C=O) groups is 2. The normalized spacial score (nSPS) is 10.6. The zero-order valence-electron chi connectivity index (χ0n) is 16.9. The van der Waals surface area contributed by atoms with E-state index in [9.17, 15) is 14.4 Å². The smallest absolute Gasteiger partial charge is 0.338 e. The standard InChI is InChI=1S/C22H23N3O4/c1-14-10-11-18(15(2)12-14)22(28)29-13-19(26)23-20-16(3)24(4)25(21(20)27)17-8-6-5-7-9-17/h5-12H,13H2,1-4H3,(H,23,26). The van der Waals surface area contributed by atoms with Gasteiger partial charge in [0.1, 0.15) is 5.69 Å². The van der Waals surface area contributed by atoms with Crippen molar-refractivity contribution in [3.8, 4) is 5.69 Å². The number of esters is 1. The monoisotopic (exact) mass is 393 g/mol. The lowest BCUT2D eigenvalue weighted by molar-refractivity contribution is -0.119. The highest BCUT2D eigenvalue weighted by atomic mass is 16.5. The van der Waals surface area contributed by atoms with Gasteiger partial charge in [-0.25, -0.2) is 9.48 Å². The third kappa shape index (κ3) is 4.13. The van der Waals surface area contributed by atoms with Gasteiger partial charge >= 0.3 is 5.97 Å². The van der Waals surface area contributed by atoms with Crippen molar-refractivity contribution in [2.24, 2.45) is 7.05 Å². The summed E-state index contributed by atoms with van der Waals surface area (Å²) in [5, 5.41) is 2.57. The van der Waals surface area contributed by atoms with Crippen LogP contribution in [0.3, 0.4) is 0 Å². The van der Waals surface area contributed by atoms with Crippen LogP contribution in [-0.2, 0) is 16.6 Å². The molecule has 0 saturated heterocycles. The molecule has 0 aliphatic heterocycles. The summed E-state index contributed by atoms with van der Waals surface area (Å²) in [5.74, 6) is -1.15. The van der Waals surface area contributed by atoms with Crippen molar-refractivity contribution in [1.29, 1.82) is 0 Å². The first kappa shape index (κ1) is 20.1. The Morgan fingerprint density at radius 1 is 1.03 bits per heavy atom. The molecule has 7 heteroatoms. The van der Waals surface area contributed by atoms with Crippen molar-refractivity contribution >= 4 is 17.6 Å². The predicted octanol–water partition coefficient (Wildman–Crippen LogP) is 2.90. The Morgan fingerprint density at radius 2 is 1.72 bits per heavy atom. The third-order valence-electron chi connectivity index (χ3n) is 4.75. The number of anilines is 1. The fourth-order valence-electron chi connectivity index (χ4n) is 3.14. The summed E-state index contributed by atoms with van der Waals surface area (Å²) in [4.78, 5) is 37.3. The highest BCUT2D eigenvalue weighted by Crippen LogP contribution is 2.14. The number of amides is 1. The molecule has 0 saturated carbocycles. The summed E-state index contributed by atoms with van der Waals surface area (Å²) >= 11 is 0. The fraction of sp³-hybridized carbons (Fsp3) is 0.227. The molecule has 0 radical (unpaired) electrons. The van der Waals surface area contributed by atoms with E-state index in [0.29, 0.717) is 16.9 Å². The van der Waals surface area contributed by atoms with Crippen molar-refractivity contribution < 1.29 is 14.3 Å². The topological polar surface area (TPSA) is 82.3 Å². The van der Waals surface area contributed by atoms with Gasteiger partial charge in [0.15, 0.2) is 6.61 Å². The fourth-order valence-corrected chi connectivity index (χ4v) is 3.14. The number of aryl methyl sites for hydroxylation is 2. The Balaban J connectivity index is 1.73. The molecule has 0 atom stereocenters. The van der Waals surface area contributed by atoms with Gasteiger partial charge in [-0.05, 0) is 44.5 Å². The van der Waals surface area contributed by atoms with Crippen molar-refractivity contribution in [3.63, 3.8) is 0 Å². The minimum Gasteiger partial charge on any atom is -0.452 e. The van der Waals surface area contributed by atoms with Crippen molar-refractivity contribution in [2.75, 3.05) is 11.9 Å². The van der Waals surface area contributed by atoms with Crippen LogP contribution < -0.4 is 10.9 Å². The van der Waals surface area contributed by atoms with Gasteiger partial charge in [-0.1, -0.05) is 35.9 Å². The molecule has 1 amide bonds. The summed E-state index contributed by atoms with van der Waals surface area (Å²) in [6, 6.07) is 14.5. The predicted molar refractivity (Wildman–Crippen MR) is 111 cm³/mol. The minimum atomic E-state index is -0.580. The molecule has 1 N–H and O–H groups in total. The van der Waals surface area contributed by atoms with Crippen molar-refractivity contribution in [1.82, 2.24) is 9.36 Å². The van der Waals surface area contributed by atoms with Crippen molar-refractivity contribution in [3.05, 3.63) is 81.3 Å². The van der Waals surface area contributed by atoms with E-state index in [4.69, 9.17) is 4.74 Å². The lowest BCUT2D eigenvalue weighted by Gasteiger charge is -2.08. The molecule has 0 unspecified atom stereocenters. The Labute approximate surface area is 168 Å². The second-order valence-electron chi connectivity index (χ2n) is 6.88. The summed E-state index contributed by atoms with van der Waals surface area (Å²) in [6.45, 7) is 4.99. The van der Waals surface area contributed by atoms with Gasteiger partial charge in [-0.3, -0.25) is 14.3 Å². The molecule has 7 nitrogen and oxygen atoms in total. The minimum absolute atomic E-state index is 0.156. The molecule has 0 aliphatic rings. The summed E-state index contributed by atoms with van der Waals surface area (Å²) < 4.78 is 8.24. The maximum Gasteiger partial charge on any atom is 0.338 e. The molecule has 0 spiro atoms. The first-order valence-corrected chi connectivity index (χ1v) is 9.18. The average Bonchev–Trinajstić information content (AvgIpc) is 2.90. The molecular weight excluding hydrogens is 370 g/mol. The Bertz CT molecular complexity index is 1130. The molecule has 0 bridgehead atoms. The van der Waals surface area contributed by atoms with Crippen molar-refractivity contribution in [2.45, 2.75) is 20.8 Å². The maximum atomic E-state index is 12.8. The number of hydrogen-bond acceptors (Lipinski definition) is 4. The molecule has 0 aliphatic carbocycles. The summed E-state index contributed by atoms with van der Waals surface area (Å²) in [5.41, 5.74) is 3.30. The average molecular weight is 393 g/mol. The Kier molecular flexibility index (Phi) is 5.68. The highest BCUT2D eigenvalue weighted by Gasteiger charge is 2.19. The number of nitrogens with one attached hydrogen (secondary N) is 1. The van der Waals surface area contributed by atoms with Crippen LogP contribution in [0.4, 0.5) is 5.69 Å². The Morgan fingerprint density at radius 3 is 2.38 bits per heavy atom. The van der Waals surface area contributed by atoms with Gasteiger partial charge in [0.2, 0.25) is 0 Å². The molecule has 150 valence electrons.